The van der Waals surface area contributed by atoms with Gasteiger partial charge in [-0.2, -0.15) is 0 Å². The van der Waals surface area contributed by atoms with Crippen LogP contribution in [0.2, 0.25) is 0 Å². The Morgan fingerprint density at radius 1 is 1.11 bits per heavy atom. The van der Waals surface area contributed by atoms with Gasteiger partial charge in [0.25, 0.3) is 0 Å². The monoisotopic (exact) mass is 279 g/mol. The highest BCUT2D eigenvalue weighted by Crippen LogP contribution is 2.22. The van der Waals surface area contributed by atoms with Gasteiger partial charge in [0.1, 0.15) is 0 Å². The SMILES string of the molecule is CSc1ccc(C(N)Cc2cccc(F)c2F)cc1. The quantitative estimate of drug-likeness (QED) is 0.858. The first-order valence-corrected chi connectivity index (χ1v) is 7.16. The molecule has 0 aliphatic rings. The average molecular weight is 279 g/mol. The number of nitrogens with two attached hydrogens (primary N) is 1. The first-order chi connectivity index (χ1) is 9.11. The highest BCUT2D eigenvalue weighted by atomic mass is 32.2. The van der Waals surface area contributed by atoms with Crippen LogP contribution in [0.5, 0.6) is 0 Å². The lowest BCUT2D eigenvalue weighted by atomic mass is 9.99. The lowest BCUT2D eigenvalue weighted by Crippen LogP contribution is -2.14. The van der Waals surface area contributed by atoms with Crippen LogP contribution in [0, 0.1) is 11.6 Å². The van der Waals surface area contributed by atoms with E-state index in [9.17, 15) is 8.78 Å². The molecule has 100 valence electrons. The van der Waals surface area contributed by atoms with Crippen molar-refractivity contribution in [3.63, 3.8) is 0 Å². The van der Waals surface area contributed by atoms with E-state index in [1.54, 1.807) is 17.8 Å². The molecule has 0 aliphatic carbocycles. The molecule has 0 saturated heterocycles. The Morgan fingerprint density at radius 2 is 1.79 bits per heavy atom. The van der Waals surface area contributed by atoms with Crippen molar-refractivity contribution in [1.82, 2.24) is 0 Å². The van der Waals surface area contributed by atoms with E-state index in [2.05, 4.69) is 0 Å². The van der Waals surface area contributed by atoms with Gasteiger partial charge in [0, 0.05) is 10.9 Å². The van der Waals surface area contributed by atoms with Crippen LogP contribution in [0.3, 0.4) is 0 Å². The van der Waals surface area contributed by atoms with Crippen molar-refractivity contribution in [2.24, 2.45) is 5.73 Å². The van der Waals surface area contributed by atoms with Crippen molar-refractivity contribution >= 4 is 11.8 Å². The van der Waals surface area contributed by atoms with Gasteiger partial charge in [-0.1, -0.05) is 24.3 Å². The lowest BCUT2D eigenvalue weighted by molar-refractivity contribution is 0.494. The summed E-state index contributed by atoms with van der Waals surface area (Å²) < 4.78 is 26.7. The number of benzene rings is 2. The number of halogens is 2. The molecular formula is C15H15F2NS. The molecule has 0 saturated carbocycles. The Morgan fingerprint density at radius 3 is 2.42 bits per heavy atom. The molecule has 2 aromatic rings. The van der Waals surface area contributed by atoms with E-state index < -0.39 is 11.6 Å². The van der Waals surface area contributed by atoms with Gasteiger partial charge in [0.15, 0.2) is 11.6 Å². The predicted molar refractivity (Wildman–Crippen MR) is 75.2 cm³/mol. The van der Waals surface area contributed by atoms with E-state index in [0.29, 0.717) is 5.56 Å². The van der Waals surface area contributed by atoms with Crippen molar-refractivity contribution in [2.45, 2.75) is 17.4 Å². The second kappa shape index (κ2) is 6.17. The summed E-state index contributed by atoms with van der Waals surface area (Å²) in [4.78, 5) is 1.15. The Kier molecular flexibility index (Phi) is 4.56. The van der Waals surface area contributed by atoms with E-state index in [1.165, 1.54) is 6.07 Å². The third-order valence-corrected chi connectivity index (χ3v) is 3.76. The number of rotatable bonds is 4. The molecule has 1 nitrogen and oxygen atoms in total. The smallest absolute Gasteiger partial charge is 0.162 e. The number of hydrogen-bond donors (Lipinski definition) is 1. The number of thioether (sulfide) groups is 1. The summed E-state index contributed by atoms with van der Waals surface area (Å²) in [5.74, 6) is -1.64. The maximum absolute atomic E-state index is 13.6. The fraction of sp³-hybridized carbons (Fsp3) is 0.200. The molecule has 0 fully saturated rings. The Hall–Kier alpha value is -1.39. The standard InChI is InChI=1S/C15H15F2NS/c1-19-12-7-5-10(6-8-12)14(18)9-11-3-2-4-13(16)15(11)17/h2-8,14H,9,18H2,1H3. The normalized spacial score (nSPS) is 12.4. The molecule has 2 rings (SSSR count). The van der Waals surface area contributed by atoms with Crippen LogP contribution in [0.15, 0.2) is 47.4 Å². The van der Waals surface area contributed by atoms with E-state index in [1.807, 2.05) is 30.5 Å². The van der Waals surface area contributed by atoms with Gasteiger partial charge in [0.2, 0.25) is 0 Å². The third-order valence-electron chi connectivity index (χ3n) is 3.02. The topological polar surface area (TPSA) is 26.0 Å². The molecule has 0 aromatic heterocycles. The maximum Gasteiger partial charge on any atom is 0.162 e. The van der Waals surface area contributed by atoms with E-state index in [0.717, 1.165) is 16.5 Å². The van der Waals surface area contributed by atoms with Crippen molar-refractivity contribution < 1.29 is 8.78 Å². The van der Waals surface area contributed by atoms with Crippen LogP contribution in [-0.2, 0) is 6.42 Å². The molecule has 1 atom stereocenters. The van der Waals surface area contributed by atoms with Crippen molar-refractivity contribution in [3.8, 4) is 0 Å². The fourth-order valence-corrected chi connectivity index (χ4v) is 2.32. The zero-order valence-corrected chi connectivity index (χ0v) is 11.4. The van der Waals surface area contributed by atoms with Crippen LogP contribution in [0.4, 0.5) is 8.78 Å². The molecule has 2 aromatic carbocycles. The summed E-state index contributed by atoms with van der Waals surface area (Å²) in [6.45, 7) is 0. The highest BCUT2D eigenvalue weighted by Gasteiger charge is 2.12. The van der Waals surface area contributed by atoms with Crippen molar-refractivity contribution in [3.05, 3.63) is 65.2 Å². The van der Waals surface area contributed by atoms with Crippen molar-refractivity contribution in [2.75, 3.05) is 6.26 Å². The zero-order chi connectivity index (χ0) is 13.8. The van der Waals surface area contributed by atoms with Gasteiger partial charge in [-0.3, -0.25) is 0 Å². The second-order valence-electron chi connectivity index (χ2n) is 4.30. The van der Waals surface area contributed by atoms with Crippen LogP contribution in [0.1, 0.15) is 17.2 Å². The molecule has 4 heteroatoms. The largest absolute Gasteiger partial charge is 0.324 e. The molecule has 0 heterocycles. The first-order valence-electron chi connectivity index (χ1n) is 5.94. The van der Waals surface area contributed by atoms with Crippen LogP contribution < -0.4 is 5.73 Å². The molecule has 2 N–H and O–H groups in total. The average Bonchev–Trinajstić information content (AvgIpc) is 2.44. The van der Waals surface area contributed by atoms with Gasteiger partial charge < -0.3 is 5.73 Å². The fourth-order valence-electron chi connectivity index (χ4n) is 1.91. The summed E-state index contributed by atoms with van der Waals surface area (Å²) in [5, 5.41) is 0. The van der Waals surface area contributed by atoms with Crippen molar-refractivity contribution in [1.29, 1.82) is 0 Å². The minimum atomic E-state index is -0.831. The van der Waals surface area contributed by atoms with Crippen LogP contribution in [0.25, 0.3) is 0 Å². The molecule has 0 aliphatic heterocycles. The highest BCUT2D eigenvalue weighted by molar-refractivity contribution is 7.98. The summed E-state index contributed by atoms with van der Waals surface area (Å²) >= 11 is 1.65. The van der Waals surface area contributed by atoms with Crippen LogP contribution in [-0.4, -0.2) is 6.26 Å². The van der Waals surface area contributed by atoms with Gasteiger partial charge in [0.05, 0.1) is 0 Å². The third kappa shape index (κ3) is 3.33. The van der Waals surface area contributed by atoms with E-state index in [4.69, 9.17) is 5.73 Å². The molecule has 1 unspecified atom stereocenters. The van der Waals surface area contributed by atoms with E-state index >= 15 is 0 Å². The van der Waals surface area contributed by atoms with Gasteiger partial charge >= 0.3 is 0 Å². The minimum Gasteiger partial charge on any atom is -0.324 e. The van der Waals surface area contributed by atoms with Gasteiger partial charge in [-0.05, 0) is 42.0 Å². The molecule has 0 radical (unpaired) electrons. The Balaban J connectivity index is 2.15. The summed E-state index contributed by atoms with van der Waals surface area (Å²) in [6.07, 6.45) is 2.28. The molecule has 19 heavy (non-hydrogen) atoms. The first kappa shape index (κ1) is 14.0. The van der Waals surface area contributed by atoms with E-state index in [-0.39, 0.29) is 12.5 Å². The lowest BCUT2D eigenvalue weighted by Gasteiger charge is -2.13. The summed E-state index contributed by atoms with van der Waals surface area (Å²) in [6, 6.07) is 11.6. The van der Waals surface area contributed by atoms with Gasteiger partial charge in [-0.25, -0.2) is 8.78 Å². The predicted octanol–water partition coefficient (Wildman–Crippen LogP) is 3.93. The number of hydrogen-bond acceptors (Lipinski definition) is 2. The zero-order valence-electron chi connectivity index (χ0n) is 10.6. The molecule has 0 bridgehead atoms. The summed E-state index contributed by atoms with van der Waals surface area (Å²) in [7, 11) is 0. The minimum absolute atomic E-state index is 0.280. The van der Waals surface area contributed by atoms with Crippen LogP contribution >= 0.6 is 11.8 Å². The van der Waals surface area contributed by atoms with Gasteiger partial charge in [-0.15, -0.1) is 11.8 Å². The Bertz CT molecular complexity index is 555. The molecular weight excluding hydrogens is 264 g/mol. The Labute approximate surface area is 115 Å². The second-order valence-corrected chi connectivity index (χ2v) is 5.18. The molecule has 0 amide bonds. The maximum atomic E-state index is 13.6. The molecule has 0 spiro atoms. The summed E-state index contributed by atoms with van der Waals surface area (Å²) in [5.41, 5.74) is 7.27.